The normalized spacial score (nSPS) is 17.6. The van der Waals surface area contributed by atoms with Crippen molar-refractivity contribution in [3.05, 3.63) is 60.3 Å². The summed E-state index contributed by atoms with van der Waals surface area (Å²) in [7, 11) is 0. The molecule has 0 N–H and O–H groups in total. The molecule has 1 atom stereocenters. The Balaban J connectivity index is 1.41. The number of tetrazole rings is 1. The van der Waals surface area contributed by atoms with Crippen molar-refractivity contribution in [3.63, 3.8) is 0 Å². The van der Waals surface area contributed by atoms with Gasteiger partial charge in [-0.05, 0) is 41.6 Å². The second-order valence-electron chi connectivity index (χ2n) is 6.35. The third kappa shape index (κ3) is 3.47. The summed E-state index contributed by atoms with van der Waals surface area (Å²) in [6.45, 7) is 7.05. The number of furan rings is 1. The Morgan fingerprint density at radius 3 is 2.56 bits per heavy atom. The highest BCUT2D eigenvalue weighted by Crippen LogP contribution is 2.22. The van der Waals surface area contributed by atoms with Gasteiger partial charge in [-0.2, -0.15) is 4.68 Å². The number of aromatic nitrogens is 4. The third-order valence-corrected chi connectivity index (χ3v) is 4.78. The molecule has 0 radical (unpaired) electrons. The zero-order valence-corrected chi connectivity index (χ0v) is 14.3. The van der Waals surface area contributed by atoms with Gasteiger partial charge in [0.15, 0.2) is 5.82 Å². The van der Waals surface area contributed by atoms with E-state index in [1.165, 1.54) is 0 Å². The molecule has 1 saturated heterocycles. The largest absolute Gasteiger partial charge is 0.468 e. The van der Waals surface area contributed by atoms with Crippen LogP contribution in [0.3, 0.4) is 0 Å². The highest BCUT2D eigenvalue weighted by molar-refractivity contribution is 5.30. The molecule has 3 aromatic rings. The van der Waals surface area contributed by atoms with Gasteiger partial charge < -0.3 is 4.42 Å². The van der Waals surface area contributed by atoms with Crippen LogP contribution >= 0.6 is 0 Å². The average Bonchev–Trinajstić information content (AvgIpc) is 3.34. The highest BCUT2D eigenvalue weighted by Gasteiger charge is 2.26. The SMILES string of the molecule is C[C@@H](c1nnnn1-c1ccccc1)N1CCN(Cc2ccco2)CC1. The zero-order chi connectivity index (χ0) is 17.1. The van der Waals surface area contributed by atoms with Crippen molar-refractivity contribution >= 4 is 0 Å². The number of rotatable bonds is 5. The minimum absolute atomic E-state index is 0.168. The fourth-order valence-corrected chi connectivity index (χ4v) is 3.30. The topological polar surface area (TPSA) is 63.2 Å². The van der Waals surface area contributed by atoms with Gasteiger partial charge in [-0.3, -0.25) is 9.80 Å². The predicted octanol–water partition coefficient (Wildman–Crippen LogP) is 2.13. The summed E-state index contributed by atoms with van der Waals surface area (Å²) in [6.07, 6.45) is 1.73. The monoisotopic (exact) mass is 338 g/mol. The predicted molar refractivity (Wildman–Crippen MR) is 93.1 cm³/mol. The Hall–Kier alpha value is -2.51. The van der Waals surface area contributed by atoms with Crippen LogP contribution in [0.15, 0.2) is 53.1 Å². The van der Waals surface area contributed by atoms with Gasteiger partial charge in [0.1, 0.15) is 5.76 Å². The maximum atomic E-state index is 5.45. The number of hydrogen-bond acceptors (Lipinski definition) is 6. The van der Waals surface area contributed by atoms with Gasteiger partial charge >= 0.3 is 0 Å². The minimum atomic E-state index is 0.168. The molecule has 0 spiro atoms. The van der Waals surface area contributed by atoms with Crippen molar-refractivity contribution in [2.24, 2.45) is 0 Å². The van der Waals surface area contributed by atoms with Gasteiger partial charge in [-0.1, -0.05) is 18.2 Å². The molecular formula is C18H22N6O. The standard InChI is InChI=1S/C18H22N6O/c1-15(18-19-20-21-24(18)16-6-3-2-4-7-16)23-11-9-22(10-12-23)14-17-8-5-13-25-17/h2-8,13,15H,9-12,14H2,1H3/t15-/m0/s1. The van der Waals surface area contributed by atoms with E-state index in [0.29, 0.717) is 0 Å². The Labute approximate surface area is 146 Å². The number of piperazine rings is 1. The van der Waals surface area contributed by atoms with Crippen molar-refractivity contribution in [1.29, 1.82) is 0 Å². The summed E-state index contributed by atoms with van der Waals surface area (Å²) < 4.78 is 7.28. The molecule has 3 heterocycles. The van der Waals surface area contributed by atoms with Crippen LogP contribution in [-0.4, -0.2) is 56.2 Å². The van der Waals surface area contributed by atoms with Gasteiger partial charge in [0.05, 0.1) is 24.5 Å². The van der Waals surface area contributed by atoms with Crippen LogP contribution in [0.5, 0.6) is 0 Å². The maximum absolute atomic E-state index is 5.45. The van der Waals surface area contributed by atoms with E-state index in [9.17, 15) is 0 Å². The number of para-hydroxylation sites is 1. The first-order valence-electron chi connectivity index (χ1n) is 8.64. The van der Waals surface area contributed by atoms with E-state index in [1.807, 2.05) is 47.1 Å². The van der Waals surface area contributed by atoms with Crippen molar-refractivity contribution in [2.45, 2.75) is 19.5 Å². The van der Waals surface area contributed by atoms with E-state index in [4.69, 9.17) is 4.42 Å². The van der Waals surface area contributed by atoms with E-state index in [2.05, 4.69) is 32.2 Å². The molecule has 0 amide bonds. The second kappa shape index (κ2) is 7.16. The summed E-state index contributed by atoms with van der Waals surface area (Å²) in [6, 6.07) is 14.2. The lowest BCUT2D eigenvalue weighted by Crippen LogP contribution is -2.47. The van der Waals surface area contributed by atoms with Crippen LogP contribution in [0.1, 0.15) is 24.6 Å². The van der Waals surface area contributed by atoms with E-state index in [-0.39, 0.29) is 6.04 Å². The molecule has 0 aliphatic carbocycles. The molecule has 130 valence electrons. The highest BCUT2D eigenvalue weighted by atomic mass is 16.3. The Morgan fingerprint density at radius 1 is 1.04 bits per heavy atom. The fourth-order valence-electron chi connectivity index (χ4n) is 3.30. The molecule has 7 nitrogen and oxygen atoms in total. The second-order valence-corrected chi connectivity index (χ2v) is 6.35. The van der Waals surface area contributed by atoms with Crippen LogP contribution in [0, 0.1) is 0 Å². The van der Waals surface area contributed by atoms with Crippen LogP contribution in [0.25, 0.3) is 5.69 Å². The summed E-state index contributed by atoms with van der Waals surface area (Å²) >= 11 is 0. The molecule has 1 fully saturated rings. The molecule has 1 aromatic carbocycles. The Bertz CT molecular complexity index is 777. The van der Waals surface area contributed by atoms with Crippen LogP contribution < -0.4 is 0 Å². The number of hydrogen-bond donors (Lipinski definition) is 0. The van der Waals surface area contributed by atoms with Crippen LogP contribution in [0.4, 0.5) is 0 Å². The average molecular weight is 338 g/mol. The lowest BCUT2D eigenvalue weighted by atomic mass is 10.2. The molecule has 1 aliphatic heterocycles. The summed E-state index contributed by atoms with van der Waals surface area (Å²) in [5, 5.41) is 12.3. The van der Waals surface area contributed by atoms with Gasteiger partial charge in [0, 0.05) is 26.2 Å². The first-order valence-corrected chi connectivity index (χ1v) is 8.64. The van der Waals surface area contributed by atoms with Crippen molar-refractivity contribution in [1.82, 2.24) is 30.0 Å². The molecule has 0 bridgehead atoms. The molecule has 4 rings (SSSR count). The third-order valence-electron chi connectivity index (χ3n) is 4.78. The van der Waals surface area contributed by atoms with Gasteiger partial charge in [-0.15, -0.1) is 5.10 Å². The van der Waals surface area contributed by atoms with Crippen molar-refractivity contribution in [3.8, 4) is 5.69 Å². The van der Waals surface area contributed by atoms with Crippen molar-refractivity contribution in [2.75, 3.05) is 26.2 Å². The Morgan fingerprint density at radius 2 is 1.84 bits per heavy atom. The van der Waals surface area contributed by atoms with E-state index < -0.39 is 0 Å². The molecule has 25 heavy (non-hydrogen) atoms. The summed E-state index contributed by atoms with van der Waals surface area (Å²) in [5.74, 6) is 1.90. The lowest BCUT2D eigenvalue weighted by molar-refractivity contribution is 0.0896. The van der Waals surface area contributed by atoms with Gasteiger partial charge in [0.2, 0.25) is 0 Å². The van der Waals surface area contributed by atoms with Gasteiger partial charge in [-0.25, -0.2) is 0 Å². The molecule has 7 heteroatoms. The first-order chi connectivity index (χ1) is 12.3. The molecule has 0 saturated carbocycles. The first kappa shape index (κ1) is 16.0. The summed E-state index contributed by atoms with van der Waals surface area (Å²) in [5.41, 5.74) is 0.991. The smallest absolute Gasteiger partial charge is 0.173 e. The number of benzene rings is 1. The van der Waals surface area contributed by atoms with E-state index in [0.717, 1.165) is 50.0 Å². The minimum Gasteiger partial charge on any atom is -0.468 e. The van der Waals surface area contributed by atoms with Crippen molar-refractivity contribution < 1.29 is 4.42 Å². The van der Waals surface area contributed by atoms with Gasteiger partial charge in [0.25, 0.3) is 0 Å². The van der Waals surface area contributed by atoms with E-state index >= 15 is 0 Å². The van der Waals surface area contributed by atoms with Crippen LogP contribution in [0.2, 0.25) is 0 Å². The zero-order valence-electron chi connectivity index (χ0n) is 14.3. The molecule has 0 unspecified atom stereocenters. The molecular weight excluding hydrogens is 316 g/mol. The van der Waals surface area contributed by atoms with E-state index in [1.54, 1.807) is 6.26 Å². The quantitative estimate of drug-likeness (QED) is 0.710. The molecule has 2 aromatic heterocycles. The Kier molecular flexibility index (Phi) is 4.58. The number of nitrogens with zero attached hydrogens (tertiary/aromatic N) is 6. The van der Waals surface area contributed by atoms with Crippen LogP contribution in [-0.2, 0) is 6.54 Å². The maximum Gasteiger partial charge on any atom is 0.173 e. The lowest BCUT2D eigenvalue weighted by Gasteiger charge is -2.37. The fraction of sp³-hybridized carbons (Fsp3) is 0.389. The molecule has 1 aliphatic rings. The summed E-state index contributed by atoms with van der Waals surface area (Å²) in [4.78, 5) is 4.85.